The summed E-state index contributed by atoms with van der Waals surface area (Å²) < 4.78 is 7.57. The van der Waals surface area contributed by atoms with Gasteiger partial charge in [-0.25, -0.2) is 0 Å². The van der Waals surface area contributed by atoms with Crippen LogP contribution in [0.1, 0.15) is 47.2 Å². The third-order valence-electron chi connectivity index (χ3n) is 16.1. The van der Waals surface area contributed by atoms with E-state index in [-0.39, 0.29) is 5.41 Å². The second-order valence-corrected chi connectivity index (χ2v) is 19.9. The highest BCUT2D eigenvalue weighted by atomic mass is 16.5. The van der Waals surface area contributed by atoms with Crippen molar-refractivity contribution in [2.45, 2.75) is 24.7 Å². The lowest BCUT2D eigenvalue weighted by molar-refractivity contribution is 0.489. The van der Waals surface area contributed by atoms with Crippen molar-refractivity contribution in [2.24, 2.45) is 0 Å². The molecule has 4 aliphatic rings. The molecule has 0 bridgehead atoms. The minimum atomic E-state index is -0.501. The lowest BCUT2D eigenvalue weighted by atomic mass is 9.70. The zero-order valence-corrected chi connectivity index (χ0v) is 38.9. The van der Waals surface area contributed by atoms with Crippen LogP contribution >= 0.6 is 0 Å². The van der Waals surface area contributed by atoms with Crippen molar-refractivity contribution in [1.29, 1.82) is 0 Å². The summed E-state index contributed by atoms with van der Waals surface area (Å²) in [4.78, 5) is 2.48. The normalized spacial score (nSPS) is 14.2. The van der Waals surface area contributed by atoms with Crippen LogP contribution in [0.3, 0.4) is 0 Å². The number of para-hydroxylation sites is 1. The molecule has 15 rings (SSSR count). The first-order valence-corrected chi connectivity index (χ1v) is 24.5. The molecule has 0 amide bonds. The highest BCUT2D eigenvalue weighted by Gasteiger charge is 2.52. The minimum absolute atomic E-state index is 0.203. The van der Waals surface area contributed by atoms with E-state index in [4.69, 9.17) is 4.74 Å². The molecule has 11 aromatic carbocycles. The Morgan fingerprint density at radius 3 is 1.47 bits per heavy atom. The van der Waals surface area contributed by atoms with E-state index in [1.807, 2.05) is 0 Å². The topological polar surface area (TPSA) is 12.5 Å². The zero-order valence-electron chi connectivity index (χ0n) is 38.9. The molecule has 1 aliphatic heterocycles. The zero-order chi connectivity index (χ0) is 46.3. The van der Waals surface area contributed by atoms with Crippen LogP contribution in [0.25, 0.3) is 77.5 Å². The number of hydrogen-bond donors (Lipinski definition) is 0. The summed E-state index contributed by atoms with van der Waals surface area (Å²) in [6.07, 6.45) is 0. The summed E-state index contributed by atoms with van der Waals surface area (Å²) in [6, 6.07) is 88.0. The summed E-state index contributed by atoms with van der Waals surface area (Å²) in [7, 11) is 0. The summed E-state index contributed by atoms with van der Waals surface area (Å²) in [5, 5.41) is 2.32. The van der Waals surface area contributed by atoms with Crippen molar-refractivity contribution in [1.82, 2.24) is 0 Å². The molecule has 0 fully saturated rings. The van der Waals surface area contributed by atoms with E-state index in [1.165, 1.54) is 77.7 Å². The van der Waals surface area contributed by atoms with E-state index < -0.39 is 5.41 Å². The van der Waals surface area contributed by atoms with Gasteiger partial charge >= 0.3 is 0 Å². The molecule has 0 N–H and O–H groups in total. The molecular formula is C68H45NO. The summed E-state index contributed by atoms with van der Waals surface area (Å²) in [6.45, 7) is 4.74. The second kappa shape index (κ2) is 14.4. The Morgan fingerprint density at radius 1 is 0.314 bits per heavy atom. The van der Waals surface area contributed by atoms with Gasteiger partial charge in [0.2, 0.25) is 0 Å². The number of nitrogens with zero attached hydrogens (tertiary/aromatic N) is 1. The van der Waals surface area contributed by atoms with Crippen LogP contribution in [0, 0.1) is 0 Å². The van der Waals surface area contributed by atoms with Crippen LogP contribution < -0.4 is 9.64 Å². The van der Waals surface area contributed by atoms with E-state index in [2.05, 4.69) is 255 Å². The van der Waals surface area contributed by atoms with Crippen molar-refractivity contribution >= 4 is 27.8 Å². The Hall–Kier alpha value is -8.72. The van der Waals surface area contributed by atoms with Gasteiger partial charge < -0.3 is 9.64 Å². The molecule has 70 heavy (non-hydrogen) atoms. The fraction of sp³-hybridized carbons (Fsp3) is 0.0588. The average Bonchev–Trinajstić information content (AvgIpc) is 3.92. The molecule has 0 saturated heterocycles. The fourth-order valence-corrected chi connectivity index (χ4v) is 12.9. The lowest BCUT2D eigenvalue weighted by Crippen LogP contribution is -2.26. The molecule has 1 heterocycles. The van der Waals surface area contributed by atoms with E-state index in [1.54, 1.807) is 0 Å². The van der Waals surface area contributed by atoms with Crippen molar-refractivity contribution in [2.75, 3.05) is 4.90 Å². The third-order valence-corrected chi connectivity index (χ3v) is 16.1. The van der Waals surface area contributed by atoms with E-state index in [9.17, 15) is 0 Å². The van der Waals surface area contributed by atoms with Crippen LogP contribution in [0.2, 0.25) is 0 Å². The molecule has 0 saturated carbocycles. The fourth-order valence-electron chi connectivity index (χ4n) is 12.9. The number of rotatable bonds is 4. The number of fused-ring (bicyclic) bond motifs is 19. The largest absolute Gasteiger partial charge is 0.454 e. The van der Waals surface area contributed by atoms with Gasteiger partial charge in [0.1, 0.15) is 5.75 Å². The molecule has 3 aliphatic carbocycles. The predicted molar refractivity (Wildman–Crippen MR) is 289 cm³/mol. The van der Waals surface area contributed by atoms with Crippen LogP contribution in [-0.4, -0.2) is 0 Å². The molecule has 2 heteroatoms. The Balaban J connectivity index is 1.02. The van der Waals surface area contributed by atoms with Gasteiger partial charge in [0.05, 0.1) is 11.1 Å². The Labute approximate surface area is 408 Å². The molecule has 11 aromatic rings. The van der Waals surface area contributed by atoms with Gasteiger partial charge in [0.25, 0.3) is 0 Å². The first-order chi connectivity index (χ1) is 34.5. The van der Waals surface area contributed by atoms with Crippen LogP contribution in [-0.2, 0) is 10.8 Å². The molecule has 2 nitrogen and oxygen atoms in total. The average molecular weight is 892 g/mol. The smallest absolute Gasteiger partial charge is 0.159 e. The summed E-state index contributed by atoms with van der Waals surface area (Å²) in [5.41, 5.74) is 24.9. The Morgan fingerprint density at radius 2 is 0.814 bits per heavy atom. The molecule has 0 radical (unpaired) electrons. The van der Waals surface area contributed by atoms with E-state index in [0.717, 1.165) is 61.8 Å². The first kappa shape index (κ1) is 39.3. The molecule has 0 aromatic heterocycles. The maximum absolute atomic E-state index is 7.57. The van der Waals surface area contributed by atoms with Gasteiger partial charge in [0, 0.05) is 27.9 Å². The monoisotopic (exact) mass is 891 g/mol. The maximum Gasteiger partial charge on any atom is 0.159 e. The van der Waals surface area contributed by atoms with Gasteiger partial charge in [-0.2, -0.15) is 0 Å². The molecule has 0 unspecified atom stereocenters. The van der Waals surface area contributed by atoms with Crippen molar-refractivity contribution in [3.8, 4) is 78.3 Å². The minimum Gasteiger partial charge on any atom is -0.454 e. The van der Waals surface area contributed by atoms with Gasteiger partial charge in [0.15, 0.2) is 5.75 Å². The molecular weight excluding hydrogens is 847 g/mol. The summed E-state index contributed by atoms with van der Waals surface area (Å²) >= 11 is 0. The molecule has 0 atom stereocenters. The molecule has 328 valence electrons. The van der Waals surface area contributed by atoms with Crippen molar-refractivity contribution in [3.05, 3.63) is 270 Å². The number of ether oxygens (including phenoxy) is 1. The quantitative estimate of drug-likeness (QED) is 0.175. The lowest BCUT2D eigenvalue weighted by Gasteiger charge is -2.33. The van der Waals surface area contributed by atoms with Gasteiger partial charge in [-0.3, -0.25) is 0 Å². The van der Waals surface area contributed by atoms with E-state index in [0.29, 0.717) is 0 Å². The van der Waals surface area contributed by atoms with Gasteiger partial charge in [-0.1, -0.05) is 202 Å². The SMILES string of the molecule is CC1(C)c2ccccc2-c2ccc(N(c3ccc4c(c3)C3(c5ccccc5-c5ccccc53)c3ccccc3-4)c3cccc4c3Oc3cc5ccccc5cc3-c3ccc(-c5ccccc5)cc3-4)cc21. The van der Waals surface area contributed by atoms with Crippen LogP contribution in [0.15, 0.2) is 237 Å². The van der Waals surface area contributed by atoms with Crippen LogP contribution in [0.4, 0.5) is 17.1 Å². The number of benzene rings is 11. The predicted octanol–water partition coefficient (Wildman–Crippen LogP) is 18.1. The van der Waals surface area contributed by atoms with E-state index >= 15 is 0 Å². The first-order valence-electron chi connectivity index (χ1n) is 24.5. The number of hydrogen-bond acceptors (Lipinski definition) is 2. The highest BCUT2D eigenvalue weighted by molar-refractivity contribution is 6.02. The maximum atomic E-state index is 7.57. The third kappa shape index (κ3) is 5.28. The Bertz CT molecular complexity index is 3960. The standard InChI is InChI=1S/C68H45NO/c1-67(2)58-26-12-8-21-49(58)53-35-32-46(40-62(53)67)69(47-33-36-54-52-24-11-15-29-61(52)68(63(54)41-47)59-27-13-9-22-50(59)51-23-10-14-28-60(51)68)64-30-16-25-55-56-37-45(42-17-4-3-5-18-42)31-34-48(56)57-38-43-19-6-7-20-44(43)39-65(57)70-66(55)64/h3-41H,1-2H3. The van der Waals surface area contributed by atoms with Crippen molar-refractivity contribution in [3.63, 3.8) is 0 Å². The molecule has 1 spiro atoms. The summed E-state index contributed by atoms with van der Waals surface area (Å²) in [5.74, 6) is 1.66. The van der Waals surface area contributed by atoms with Gasteiger partial charge in [-0.05, 0) is 148 Å². The Kier molecular flexibility index (Phi) is 8.08. The number of anilines is 3. The van der Waals surface area contributed by atoms with Crippen LogP contribution in [0.5, 0.6) is 11.5 Å². The van der Waals surface area contributed by atoms with Crippen molar-refractivity contribution < 1.29 is 4.74 Å². The second-order valence-electron chi connectivity index (χ2n) is 19.9. The highest BCUT2D eigenvalue weighted by Crippen LogP contribution is 2.64. The van der Waals surface area contributed by atoms with Gasteiger partial charge in [-0.15, -0.1) is 0 Å².